The second-order valence-electron chi connectivity index (χ2n) is 9.02. The van der Waals surface area contributed by atoms with Crippen molar-refractivity contribution in [2.45, 2.75) is 32.5 Å². The molecule has 2 aromatic heterocycles. The van der Waals surface area contributed by atoms with Crippen molar-refractivity contribution in [2.75, 3.05) is 39.4 Å². The average molecular weight is 435 g/mol. The van der Waals surface area contributed by atoms with Gasteiger partial charge in [-0.25, -0.2) is 4.98 Å². The summed E-state index contributed by atoms with van der Waals surface area (Å²) in [6.07, 6.45) is 8.73. The Morgan fingerprint density at radius 2 is 1.94 bits per heavy atom. The van der Waals surface area contributed by atoms with Crippen molar-refractivity contribution in [1.29, 1.82) is 0 Å². The van der Waals surface area contributed by atoms with Gasteiger partial charge in [-0.3, -0.25) is 14.1 Å². The molecule has 168 valence electrons. The molecule has 0 bridgehead atoms. The molecule has 3 aliphatic heterocycles. The summed E-state index contributed by atoms with van der Waals surface area (Å²) < 4.78 is 15.8. The van der Waals surface area contributed by atoms with Gasteiger partial charge in [-0.1, -0.05) is 6.07 Å². The molecule has 6 rings (SSSR count). The maximum atomic E-state index is 6.09. The van der Waals surface area contributed by atoms with E-state index in [1.54, 1.807) is 0 Å². The molecular weight excluding hydrogens is 404 g/mol. The van der Waals surface area contributed by atoms with Crippen LogP contribution in [0.15, 0.2) is 36.8 Å². The predicted octanol–water partition coefficient (Wildman–Crippen LogP) is 2.46. The number of benzene rings is 1. The Balaban J connectivity index is 1.19. The molecule has 8 nitrogen and oxygen atoms in total. The highest BCUT2D eigenvalue weighted by Gasteiger charge is 2.22. The van der Waals surface area contributed by atoms with Crippen LogP contribution in [0.2, 0.25) is 0 Å². The third-order valence-electron chi connectivity index (χ3n) is 6.76. The first-order chi connectivity index (χ1) is 15.8. The molecule has 3 aliphatic rings. The Morgan fingerprint density at radius 1 is 1.06 bits per heavy atom. The fourth-order valence-corrected chi connectivity index (χ4v) is 4.94. The standard InChI is InChI=1S/C24H30N6O2/c1-2-22-23(11-19(1)20-12-26-29(14-20)13-18-3-5-25-6-4-18)32-17-24-27-21(16-30(22)24)15-28-7-9-31-10-8-28/h1-2,11-12,14,16,18,25H,3-10,13,15,17H2. The average Bonchev–Trinajstić information content (AvgIpc) is 3.47. The second-order valence-corrected chi connectivity index (χ2v) is 9.02. The smallest absolute Gasteiger partial charge is 0.151 e. The van der Waals surface area contributed by atoms with E-state index < -0.39 is 0 Å². The number of nitrogens with one attached hydrogen (secondary N) is 1. The second kappa shape index (κ2) is 8.69. The Labute approximate surface area is 188 Å². The summed E-state index contributed by atoms with van der Waals surface area (Å²) in [7, 11) is 0. The number of hydrogen-bond donors (Lipinski definition) is 1. The topological polar surface area (TPSA) is 69.4 Å². The summed E-state index contributed by atoms with van der Waals surface area (Å²) in [6, 6.07) is 6.42. The van der Waals surface area contributed by atoms with Crippen LogP contribution in [0.1, 0.15) is 24.4 Å². The van der Waals surface area contributed by atoms with Crippen molar-refractivity contribution < 1.29 is 9.47 Å². The largest absolute Gasteiger partial charge is 0.483 e. The first kappa shape index (κ1) is 20.0. The molecule has 1 N–H and O–H groups in total. The highest BCUT2D eigenvalue weighted by Crippen LogP contribution is 2.34. The van der Waals surface area contributed by atoms with Gasteiger partial charge >= 0.3 is 0 Å². The van der Waals surface area contributed by atoms with Crippen LogP contribution in [0.4, 0.5) is 0 Å². The molecule has 32 heavy (non-hydrogen) atoms. The molecule has 0 unspecified atom stereocenters. The molecule has 3 aromatic rings. The first-order valence-corrected chi connectivity index (χ1v) is 11.7. The summed E-state index contributed by atoms with van der Waals surface area (Å²) >= 11 is 0. The Hall–Kier alpha value is -2.68. The van der Waals surface area contributed by atoms with Crippen molar-refractivity contribution in [3.05, 3.63) is 48.3 Å². The van der Waals surface area contributed by atoms with E-state index >= 15 is 0 Å². The van der Waals surface area contributed by atoms with Crippen LogP contribution < -0.4 is 10.1 Å². The van der Waals surface area contributed by atoms with E-state index in [1.807, 2.05) is 6.20 Å². The molecule has 2 saturated heterocycles. The molecule has 0 saturated carbocycles. The van der Waals surface area contributed by atoms with Gasteiger partial charge in [-0.15, -0.1) is 0 Å². The van der Waals surface area contributed by atoms with E-state index in [0.29, 0.717) is 12.5 Å². The minimum atomic E-state index is 0.495. The fraction of sp³-hybridized carbons (Fsp3) is 0.500. The molecule has 0 aliphatic carbocycles. The lowest BCUT2D eigenvalue weighted by atomic mass is 9.98. The molecule has 0 radical (unpaired) electrons. The number of rotatable bonds is 5. The highest BCUT2D eigenvalue weighted by molar-refractivity contribution is 5.67. The van der Waals surface area contributed by atoms with E-state index in [0.717, 1.165) is 86.6 Å². The van der Waals surface area contributed by atoms with Gasteiger partial charge in [0.15, 0.2) is 5.82 Å². The van der Waals surface area contributed by atoms with Crippen molar-refractivity contribution in [3.63, 3.8) is 0 Å². The van der Waals surface area contributed by atoms with Crippen molar-refractivity contribution in [1.82, 2.24) is 29.5 Å². The van der Waals surface area contributed by atoms with Crippen LogP contribution in [0.3, 0.4) is 0 Å². The molecule has 0 amide bonds. The number of piperidine rings is 1. The molecule has 5 heterocycles. The van der Waals surface area contributed by atoms with Gasteiger partial charge < -0.3 is 14.8 Å². The quantitative estimate of drug-likeness (QED) is 0.665. The monoisotopic (exact) mass is 434 g/mol. The van der Waals surface area contributed by atoms with Crippen molar-refractivity contribution in [3.8, 4) is 22.6 Å². The van der Waals surface area contributed by atoms with Gasteiger partial charge in [0, 0.05) is 44.1 Å². The summed E-state index contributed by atoms with van der Waals surface area (Å²) in [5.74, 6) is 2.57. The zero-order valence-electron chi connectivity index (χ0n) is 18.4. The van der Waals surface area contributed by atoms with Crippen LogP contribution in [-0.2, 0) is 24.4 Å². The summed E-state index contributed by atoms with van der Waals surface area (Å²) in [5, 5.41) is 8.05. The number of hydrogen-bond acceptors (Lipinski definition) is 6. The number of imidazole rings is 1. The number of ether oxygens (including phenoxy) is 2. The summed E-state index contributed by atoms with van der Waals surface area (Å²) in [6.45, 7) is 8.10. The molecule has 1 aromatic carbocycles. The Morgan fingerprint density at radius 3 is 2.81 bits per heavy atom. The maximum Gasteiger partial charge on any atom is 0.151 e. The lowest BCUT2D eigenvalue weighted by molar-refractivity contribution is 0.0337. The number of morpholine rings is 1. The Kier molecular flexibility index (Phi) is 5.42. The van der Waals surface area contributed by atoms with Gasteiger partial charge in [0.1, 0.15) is 12.4 Å². The number of aromatic nitrogens is 4. The van der Waals surface area contributed by atoms with Gasteiger partial charge in [0.05, 0.1) is 30.8 Å². The molecule has 0 spiro atoms. The van der Waals surface area contributed by atoms with Crippen LogP contribution >= 0.6 is 0 Å². The van der Waals surface area contributed by atoms with Gasteiger partial charge in [-0.2, -0.15) is 5.10 Å². The third-order valence-corrected chi connectivity index (χ3v) is 6.76. The highest BCUT2D eigenvalue weighted by atomic mass is 16.5. The van der Waals surface area contributed by atoms with E-state index in [9.17, 15) is 0 Å². The summed E-state index contributed by atoms with van der Waals surface area (Å²) in [5.41, 5.74) is 4.41. The van der Waals surface area contributed by atoms with Crippen LogP contribution in [0.5, 0.6) is 5.75 Å². The van der Waals surface area contributed by atoms with Gasteiger partial charge in [-0.05, 0) is 49.5 Å². The summed E-state index contributed by atoms with van der Waals surface area (Å²) in [4.78, 5) is 7.21. The zero-order chi connectivity index (χ0) is 21.3. The van der Waals surface area contributed by atoms with E-state index in [2.05, 4.69) is 55.2 Å². The molecule has 2 fully saturated rings. The van der Waals surface area contributed by atoms with Crippen molar-refractivity contribution >= 4 is 0 Å². The van der Waals surface area contributed by atoms with Crippen LogP contribution in [0.25, 0.3) is 16.8 Å². The minimum Gasteiger partial charge on any atom is -0.483 e. The van der Waals surface area contributed by atoms with Crippen LogP contribution in [0, 0.1) is 5.92 Å². The predicted molar refractivity (Wildman–Crippen MR) is 121 cm³/mol. The third kappa shape index (κ3) is 4.05. The van der Waals surface area contributed by atoms with Gasteiger partial charge in [0.2, 0.25) is 0 Å². The maximum absolute atomic E-state index is 6.09. The van der Waals surface area contributed by atoms with Gasteiger partial charge in [0.25, 0.3) is 0 Å². The van der Waals surface area contributed by atoms with E-state index in [1.165, 1.54) is 12.8 Å². The van der Waals surface area contributed by atoms with E-state index in [4.69, 9.17) is 14.5 Å². The molecule has 0 atom stereocenters. The normalized spacial score (nSPS) is 19.4. The van der Waals surface area contributed by atoms with Crippen LogP contribution in [-0.4, -0.2) is 63.6 Å². The lowest BCUT2D eigenvalue weighted by Gasteiger charge is -2.25. The number of fused-ring (bicyclic) bond motifs is 3. The first-order valence-electron chi connectivity index (χ1n) is 11.7. The molecular formula is C24H30N6O2. The number of nitrogens with zero attached hydrogens (tertiary/aromatic N) is 5. The zero-order valence-corrected chi connectivity index (χ0v) is 18.4. The molecule has 8 heteroatoms. The van der Waals surface area contributed by atoms with E-state index in [-0.39, 0.29) is 0 Å². The SMILES string of the molecule is c1cc2c(cc1-c1cnn(CC3CCNCC3)c1)OCc1nc(CN3CCOCC3)cn1-2. The lowest BCUT2D eigenvalue weighted by Crippen LogP contribution is -2.35. The van der Waals surface area contributed by atoms with Crippen molar-refractivity contribution in [2.24, 2.45) is 5.92 Å². The Bertz CT molecular complexity index is 1080. The fourth-order valence-electron chi connectivity index (χ4n) is 4.94. The minimum absolute atomic E-state index is 0.495.